The van der Waals surface area contributed by atoms with Gasteiger partial charge < -0.3 is 10.1 Å². The fourth-order valence-corrected chi connectivity index (χ4v) is 2.52. The lowest BCUT2D eigenvalue weighted by molar-refractivity contribution is 0.406. The molecule has 20 heavy (non-hydrogen) atoms. The molecule has 0 aliphatic heterocycles. The van der Waals surface area contributed by atoms with Crippen LogP contribution in [0.25, 0.3) is 0 Å². The normalized spacial score (nSPS) is 12.0. The fraction of sp³-hybridized carbons (Fsp3) is 0.333. The van der Waals surface area contributed by atoms with Crippen LogP contribution in [0.5, 0.6) is 5.75 Å². The van der Waals surface area contributed by atoms with Crippen molar-refractivity contribution in [1.82, 2.24) is 0 Å². The second-order valence-electron chi connectivity index (χ2n) is 5.17. The molecule has 1 N–H and O–H groups in total. The Hall–Kier alpha value is -1.96. The first kappa shape index (κ1) is 14.4. The average Bonchev–Trinajstić information content (AvgIpc) is 2.46. The predicted octanol–water partition coefficient (Wildman–Crippen LogP) is 4.88. The summed E-state index contributed by atoms with van der Waals surface area (Å²) in [5, 5.41) is 3.64. The van der Waals surface area contributed by atoms with E-state index >= 15 is 0 Å². The molecule has 1 unspecified atom stereocenters. The van der Waals surface area contributed by atoms with Crippen LogP contribution in [0.15, 0.2) is 42.5 Å². The maximum atomic E-state index is 5.48. The molecular weight excluding hydrogens is 246 g/mol. The molecule has 0 radical (unpaired) electrons. The van der Waals surface area contributed by atoms with Crippen LogP contribution in [0, 0.1) is 13.8 Å². The Balaban J connectivity index is 2.29. The number of nitrogens with one attached hydrogen (secondary N) is 1. The summed E-state index contributed by atoms with van der Waals surface area (Å²) in [7, 11) is 1.72. The predicted molar refractivity (Wildman–Crippen MR) is 85.6 cm³/mol. The summed E-state index contributed by atoms with van der Waals surface area (Å²) in [5.74, 6) is 0.941. The summed E-state index contributed by atoms with van der Waals surface area (Å²) in [6.07, 6.45) is 1.01. The van der Waals surface area contributed by atoms with E-state index in [1.807, 2.05) is 12.1 Å². The van der Waals surface area contributed by atoms with E-state index in [1.54, 1.807) is 7.11 Å². The lowest BCUT2D eigenvalue weighted by Crippen LogP contribution is -2.11. The van der Waals surface area contributed by atoms with E-state index in [9.17, 15) is 0 Å². The molecule has 2 heteroatoms. The van der Waals surface area contributed by atoms with E-state index in [0.717, 1.165) is 12.2 Å². The van der Waals surface area contributed by atoms with E-state index in [2.05, 4.69) is 56.4 Å². The Bertz CT molecular complexity index is 577. The van der Waals surface area contributed by atoms with E-state index in [0.29, 0.717) is 0 Å². The minimum Gasteiger partial charge on any atom is -0.496 e. The number of rotatable bonds is 5. The molecule has 0 aliphatic rings. The standard InChI is InChI=1S/C18H23NO/c1-5-16(15-8-6-7-9-18(15)20-4)19-17-11-10-13(2)12-14(17)3/h6-12,16,19H,5H2,1-4H3. The number of para-hydroxylation sites is 1. The third-order valence-electron chi connectivity index (χ3n) is 3.63. The SMILES string of the molecule is CCC(Nc1ccc(C)cc1C)c1ccccc1OC. The maximum absolute atomic E-state index is 5.48. The number of methoxy groups -OCH3 is 1. The average molecular weight is 269 g/mol. The molecular formula is C18H23NO. The summed E-state index contributed by atoms with van der Waals surface area (Å²) >= 11 is 0. The molecule has 2 nitrogen and oxygen atoms in total. The molecule has 0 saturated carbocycles. The highest BCUT2D eigenvalue weighted by atomic mass is 16.5. The number of anilines is 1. The summed E-state index contributed by atoms with van der Waals surface area (Å²) in [4.78, 5) is 0. The van der Waals surface area contributed by atoms with Crippen molar-refractivity contribution in [1.29, 1.82) is 0 Å². The van der Waals surface area contributed by atoms with Crippen molar-refractivity contribution in [3.05, 3.63) is 59.2 Å². The van der Waals surface area contributed by atoms with Gasteiger partial charge in [0.25, 0.3) is 0 Å². The first-order chi connectivity index (χ1) is 9.65. The Labute approximate surface area is 121 Å². The number of hydrogen-bond acceptors (Lipinski definition) is 2. The monoisotopic (exact) mass is 269 g/mol. The number of ether oxygens (including phenoxy) is 1. The highest BCUT2D eigenvalue weighted by Crippen LogP contribution is 2.31. The molecule has 0 aliphatic carbocycles. The van der Waals surface area contributed by atoms with Crippen molar-refractivity contribution >= 4 is 5.69 Å². The van der Waals surface area contributed by atoms with Crippen LogP contribution in [0.1, 0.15) is 36.1 Å². The fourth-order valence-electron chi connectivity index (χ4n) is 2.52. The van der Waals surface area contributed by atoms with Crippen LogP contribution in [0.2, 0.25) is 0 Å². The Morgan fingerprint density at radius 3 is 2.50 bits per heavy atom. The van der Waals surface area contributed by atoms with Crippen molar-refractivity contribution < 1.29 is 4.74 Å². The molecule has 0 aromatic heterocycles. The van der Waals surface area contributed by atoms with Crippen molar-refractivity contribution in [3.63, 3.8) is 0 Å². The molecule has 2 rings (SSSR count). The minimum atomic E-state index is 0.257. The number of aryl methyl sites for hydroxylation is 2. The van der Waals surface area contributed by atoms with E-state index in [1.165, 1.54) is 22.4 Å². The zero-order chi connectivity index (χ0) is 14.5. The molecule has 0 spiro atoms. The minimum absolute atomic E-state index is 0.257. The second-order valence-corrected chi connectivity index (χ2v) is 5.17. The smallest absolute Gasteiger partial charge is 0.124 e. The molecule has 2 aromatic carbocycles. The van der Waals surface area contributed by atoms with Crippen LogP contribution in [-0.2, 0) is 0 Å². The lowest BCUT2D eigenvalue weighted by Gasteiger charge is -2.22. The molecule has 0 saturated heterocycles. The third kappa shape index (κ3) is 3.13. The summed E-state index contributed by atoms with van der Waals surface area (Å²) in [5.41, 5.74) is 4.96. The van der Waals surface area contributed by atoms with Gasteiger partial charge in [-0.25, -0.2) is 0 Å². The van der Waals surface area contributed by atoms with Gasteiger partial charge in [0.05, 0.1) is 13.2 Å². The van der Waals surface area contributed by atoms with Crippen LogP contribution in [-0.4, -0.2) is 7.11 Å². The van der Waals surface area contributed by atoms with Crippen molar-refractivity contribution in [2.75, 3.05) is 12.4 Å². The molecule has 0 amide bonds. The maximum Gasteiger partial charge on any atom is 0.124 e. The molecule has 0 heterocycles. The molecule has 0 fully saturated rings. The van der Waals surface area contributed by atoms with Gasteiger partial charge in [0.1, 0.15) is 5.75 Å². The molecule has 0 bridgehead atoms. The highest BCUT2D eigenvalue weighted by Gasteiger charge is 2.14. The van der Waals surface area contributed by atoms with E-state index in [-0.39, 0.29) is 6.04 Å². The van der Waals surface area contributed by atoms with Crippen LogP contribution < -0.4 is 10.1 Å². The number of hydrogen-bond donors (Lipinski definition) is 1. The quantitative estimate of drug-likeness (QED) is 0.835. The van der Waals surface area contributed by atoms with Gasteiger partial charge in [-0.3, -0.25) is 0 Å². The van der Waals surface area contributed by atoms with Gasteiger partial charge in [-0.15, -0.1) is 0 Å². The second kappa shape index (κ2) is 6.47. The number of benzene rings is 2. The van der Waals surface area contributed by atoms with E-state index in [4.69, 9.17) is 4.74 Å². The Morgan fingerprint density at radius 1 is 1.10 bits per heavy atom. The Morgan fingerprint density at radius 2 is 1.85 bits per heavy atom. The van der Waals surface area contributed by atoms with Crippen molar-refractivity contribution in [2.45, 2.75) is 33.2 Å². The molecule has 2 aromatic rings. The van der Waals surface area contributed by atoms with Crippen LogP contribution >= 0.6 is 0 Å². The third-order valence-corrected chi connectivity index (χ3v) is 3.63. The highest BCUT2D eigenvalue weighted by molar-refractivity contribution is 5.54. The topological polar surface area (TPSA) is 21.3 Å². The lowest BCUT2D eigenvalue weighted by atomic mass is 10.0. The summed E-state index contributed by atoms with van der Waals surface area (Å²) in [6, 6.07) is 15.0. The van der Waals surface area contributed by atoms with Gasteiger partial charge in [-0.1, -0.05) is 42.8 Å². The molecule has 106 valence electrons. The summed E-state index contributed by atoms with van der Waals surface area (Å²) in [6.45, 7) is 6.45. The van der Waals surface area contributed by atoms with E-state index < -0.39 is 0 Å². The van der Waals surface area contributed by atoms with Crippen LogP contribution in [0.3, 0.4) is 0 Å². The zero-order valence-corrected chi connectivity index (χ0v) is 12.7. The van der Waals surface area contributed by atoms with Gasteiger partial charge in [-0.05, 0) is 38.0 Å². The van der Waals surface area contributed by atoms with Crippen molar-refractivity contribution in [3.8, 4) is 5.75 Å². The van der Waals surface area contributed by atoms with Crippen LogP contribution in [0.4, 0.5) is 5.69 Å². The zero-order valence-electron chi connectivity index (χ0n) is 12.7. The largest absolute Gasteiger partial charge is 0.496 e. The molecule has 1 atom stereocenters. The van der Waals surface area contributed by atoms with Gasteiger partial charge in [0, 0.05) is 11.3 Å². The van der Waals surface area contributed by atoms with Gasteiger partial charge >= 0.3 is 0 Å². The first-order valence-electron chi connectivity index (χ1n) is 7.12. The van der Waals surface area contributed by atoms with Gasteiger partial charge in [-0.2, -0.15) is 0 Å². The Kier molecular flexibility index (Phi) is 4.67. The first-order valence-corrected chi connectivity index (χ1v) is 7.12. The summed E-state index contributed by atoms with van der Waals surface area (Å²) < 4.78 is 5.48. The van der Waals surface area contributed by atoms with Crippen molar-refractivity contribution in [2.24, 2.45) is 0 Å². The van der Waals surface area contributed by atoms with Gasteiger partial charge in [0.15, 0.2) is 0 Å². The van der Waals surface area contributed by atoms with Gasteiger partial charge in [0.2, 0.25) is 0 Å².